The van der Waals surface area contributed by atoms with Crippen molar-refractivity contribution in [2.75, 3.05) is 18.4 Å². The molecule has 4 rings (SSSR count). The minimum atomic E-state index is -3.60. The number of hydrogen-bond acceptors (Lipinski definition) is 5. The normalized spacial score (nSPS) is 17.1. The summed E-state index contributed by atoms with van der Waals surface area (Å²) < 4.78 is 27.6. The number of anilines is 1. The van der Waals surface area contributed by atoms with Gasteiger partial charge in [0.1, 0.15) is 4.21 Å². The van der Waals surface area contributed by atoms with Crippen LogP contribution in [0.1, 0.15) is 33.6 Å². The number of ketones is 1. The third kappa shape index (κ3) is 4.82. The Hall–Kier alpha value is -2.81. The molecular weight excluding hydrogens is 444 g/mol. The minimum Gasteiger partial charge on any atom is -0.326 e. The van der Waals surface area contributed by atoms with E-state index in [0.29, 0.717) is 40.4 Å². The molecule has 1 fully saturated rings. The summed E-state index contributed by atoms with van der Waals surface area (Å²) in [4.78, 5) is 26.5. The molecule has 1 atom stereocenters. The molecule has 2 heterocycles. The third-order valence-corrected chi connectivity index (χ3v) is 8.83. The molecule has 1 aliphatic rings. The highest BCUT2D eigenvalue weighted by Gasteiger charge is 2.34. The molecule has 0 radical (unpaired) electrons. The van der Waals surface area contributed by atoms with Crippen molar-refractivity contribution in [1.29, 1.82) is 0 Å². The van der Waals surface area contributed by atoms with Gasteiger partial charge >= 0.3 is 0 Å². The van der Waals surface area contributed by atoms with Crippen molar-refractivity contribution in [3.05, 3.63) is 82.7 Å². The molecule has 32 heavy (non-hydrogen) atoms. The Balaban J connectivity index is 1.45. The number of carbonyl (C=O) groups is 2. The van der Waals surface area contributed by atoms with Gasteiger partial charge in [0, 0.05) is 34.8 Å². The van der Waals surface area contributed by atoms with E-state index in [9.17, 15) is 18.0 Å². The number of nitrogens with one attached hydrogen (secondary N) is 1. The van der Waals surface area contributed by atoms with Crippen molar-refractivity contribution < 1.29 is 18.0 Å². The molecule has 1 unspecified atom stereocenters. The monoisotopic (exact) mass is 468 g/mol. The molecule has 1 N–H and O–H groups in total. The molecule has 1 saturated heterocycles. The number of sulfonamides is 1. The van der Waals surface area contributed by atoms with Gasteiger partial charge in [0.25, 0.3) is 10.0 Å². The first-order chi connectivity index (χ1) is 15.3. The van der Waals surface area contributed by atoms with Crippen molar-refractivity contribution in [1.82, 2.24) is 4.31 Å². The topological polar surface area (TPSA) is 83.6 Å². The quantitative estimate of drug-likeness (QED) is 0.546. The first kappa shape index (κ1) is 22.4. The van der Waals surface area contributed by atoms with E-state index in [1.807, 2.05) is 13.0 Å². The smallest absolute Gasteiger partial charge is 0.252 e. The maximum atomic E-state index is 12.9. The Morgan fingerprint density at radius 3 is 2.47 bits per heavy atom. The molecule has 1 aromatic heterocycles. The first-order valence-corrected chi connectivity index (χ1v) is 12.7. The number of benzene rings is 2. The van der Waals surface area contributed by atoms with E-state index >= 15 is 0 Å². The summed E-state index contributed by atoms with van der Waals surface area (Å²) in [6, 6.07) is 19.2. The Morgan fingerprint density at radius 1 is 1.00 bits per heavy atom. The average Bonchev–Trinajstić information content (AvgIpc) is 3.26. The maximum Gasteiger partial charge on any atom is 0.252 e. The van der Waals surface area contributed by atoms with Crippen LogP contribution in [0.5, 0.6) is 0 Å². The van der Waals surface area contributed by atoms with Gasteiger partial charge in [0.2, 0.25) is 5.91 Å². The molecule has 2 aromatic carbocycles. The van der Waals surface area contributed by atoms with E-state index in [4.69, 9.17) is 0 Å². The lowest BCUT2D eigenvalue weighted by atomic mass is 9.98. The number of thiophene rings is 1. The summed E-state index contributed by atoms with van der Waals surface area (Å²) in [6.45, 7) is 2.42. The zero-order valence-corrected chi connectivity index (χ0v) is 19.3. The van der Waals surface area contributed by atoms with Crippen molar-refractivity contribution in [2.24, 2.45) is 5.92 Å². The van der Waals surface area contributed by atoms with Gasteiger partial charge < -0.3 is 5.32 Å². The van der Waals surface area contributed by atoms with Gasteiger partial charge in [-0.2, -0.15) is 4.31 Å². The van der Waals surface area contributed by atoms with Gasteiger partial charge in [-0.1, -0.05) is 42.5 Å². The summed E-state index contributed by atoms with van der Waals surface area (Å²) in [5, 5.41) is 2.86. The van der Waals surface area contributed by atoms with E-state index in [1.54, 1.807) is 60.7 Å². The number of aryl methyl sites for hydroxylation is 1. The standard InChI is InChI=1S/C24H24N2O4S2/c1-17-12-13-22(31-17)32(29,30)26-14-6-10-20(16-26)24(28)25-21-11-5-9-19(15-21)23(27)18-7-3-2-4-8-18/h2-5,7-9,11-13,15,20H,6,10,14,16H2,1H3,(H,25,28). The van der Waals surface area contributed by atoms with Crippen LogP contribution in [0.4, 0.5) is 5.69 Å². The molecule has 0 saturated carbocycles. The van der Waals surface area contributed by atoms with E-state index in [-0.39, 0.29) is 18.2 Å². The fraction of sp³-hybridized carbons (Fsp3) is 0.250. The minimum absolute atomic E-state index is 0.122. The van der Waals surface area contributed by atoms with Crippen molar-refractivity contribution in [2.45, 2.75) is 24.0 Å². The van der Waals surface area contributed by atoms with Crippen LogP contribution in [-0.2, 0) is 14.8 Å². The summed E-state index contributed by atoms with van der Waals surface area (Å²) in [5.41, 5.74) is 1.58. The van der Waals surface area contributed by atoms with Gasteiger partial charge in [-0.15, -0.1) is 11.3 Å². The van der Waals surface area contributed by atoms with Gasteiger partial charge in [-0.25, -0.2) is 8.42 Å². The number of nitrogens with zero attached hydrogens (tertiary/aromatic N) is 1. The van der Waals surface area contributed by atoms with Crippen molar-refractivity contribution >= 4 is 38.7 Å². The number of carbonyl (C=O) groups excluding carboxylic acids is 2. The number of piperidine rings is 1. The molecule has 0 bridgehead atoms. The Morgan fingerprint density at radius 2 is 1.75 bits per heavy atom. The number of amides is 1. The largest absolute Gasteiger partial charge is 0.326 e. The summed E-state index contributed by atoms with van der Waals surface area (Å²) in [7, 11) is -3.60. The summed E-state index contributed by atoms with van der Waals surface area (Å²) in [5.74, 6) is -0.812. The summed E-state index contributed by atoms with van der Waals surface area (Å²) >= 11 is 1.24. The van der Waals surface area contributed by atoms with E-state index in [0.717, 1.165) is 4.88 Å². The van der Waals surface area contributed by atoms with Crippen molar-refractivity contribution in [3.8, 4) is 0 Å². The van der Waals surface area contributed by atoms with Crippen LogP contribution in [-0.4, -0.2) is 37.5 Å². The second-order valence-corrected chi connectivity index (χ2v) is 11.3. The molecule has 6 nitrogen and oxygen atoms in total. The Kier molecular flexibility index (Phi) is 6.55. The zero-order valence-electron chi connectivity index (χ0n) is 17.7. The molecular formula is C24H24N2O4S2. The van der Waals surface area contributed by atoms with E-state index in [1.165, 1.54) is 15.6 Å². The van der Waals surface area contributed by atoms with Crippen LogP contribution in [0, 0.1) is 12.8 Å². The van der Waals surface area contributed by atoms with Gasteiger partial charge in [0.05, 0.1) is 5.92 Å². The molecule has 0 aliphatic carbocycles. The lowest BCUT2D eigenvalue weighted by Crippen LogP contribution is -2.43. The predicted octanol–water partition coefficient (Wildman–Crippen LogP) is 4.33. The van der Waals surface area contributed by atoms with Crippen molar-refractivity contribution in [3.63, 3.8) is 0 Å². The molecule has 3 aromatic rings. The lowest BCUT2D eigenvalue weighted by molar-refractivity contribution is -0.120. The molecule has 1 amide bonds. The summed E-state index contributed by atoms with van der Waals surface area (Å²) in [6.07, 6.45) is 1.23. The van der Waals surface area contributed by atoms with Crippen LogP contribution in [0.25, 0.3) is 0 Å². The maximum absolute atomic E-state index is 12.9. The van der Waals surface area contributed by atoms with Crippen LogP contribution in [0.3, 0.4) is 0 Å². The van der Waals surface area contributed by atoms with Gasteiger partial charge in [0.15, 0.2) is 5.78 Å². The zero-order chi connectivity index (χ0) is 22.7. The molecule has 166 valence electrons. The third-order valence-electron chi connectivity index (χ3n) is 5.49. The van der Waals surface area contributed by atoms with Gasteiger partial charge in [-0.3, -0.25) is 9.59 Å². The highest BCUT2D eigenvalue weighted by Crippen LogP contribution is 2.29. The Bertz CT molecular complexity index is 1240. The average molecular weight is 469 g/mol. The molecule has 1 aliphatic heterocycles. The SMILES string of the molecule is Cc1ccc(S(=O)(=O)N2CCCC(C(=O)Nc3cccc(C(=O)c4ccccc4)c3)C2)s1. The van der Waals surface area contributed by atoms with Gasteiger partial charge in [-0.05, 0) is 44.0 Å². The van der Waals surface area contributed by atoms with Crippen LogP contribution in [0.15, 0.2) is 70.9 Å². The van der Waals surface area contributed by atoms with E-state index in [2.05, 4.69) is 5.32 Å². The fourth-order valence-corrected chi connectivity index (χ4v) is 6.75. The van der Waals surface area contributed by atoms with Crippen LogP contribution in [0.2, 0.25) is 0 Å². The number of hydrogen-bond donors (Lipinski definition) is 1. The van der Waals surface area contributed by atoms with Crippen LogP contribution < -0.4 is 5.32 Å². The molecule has 8 heteroatoms. The second-order valence-electron chi connectivity index (χ2n) is 7.83. The highest BCUT2D eigenvalue weighted by molar-refractivity contribution is 7.91. The predicted molar refractivity (Wildman–Crippen MR) is 125 cm³/mol. The van der Waals surface area contributed by atoms with E-state index < -0.39 is 15.9 Å². The fourth-order valence-electron chi connectivity index (χ4n) is 3.79. The molecule has 0 spiro atoms. The number of rotatable bonds is 6. The lowest BCUT2D eigenvalue weighted by Gasteiger charge is -2.30. The Labute approximate surface area is 191 Å². The highest BCUT2D eigenvalue weighted by atomic mass is 32.2. The second kappa shape index (κ2) is 9.36. The van der Waals surface area contributed by atoms with Crippen LogP contribution >= 0.6 is 11.3 Å². The first-order valence-electron chi connectivity index (χ1n) is 10.4.